The van der Waals surface area contributed by atoms with E-state index in [0.717, 1.165) is 23.8 Å². The molecule has 1 aliphatic heterocycles. The Hall–Kier alpha value is -6.74. The Morgan fingerprint density at radius 1 is 0.957 bits per heavy atom. The van der Waals surface area contributed by atoms with E-state index in [1.807, 2.05) is 12.1 Å². The molecule has 6 atom stereocenters. The fraction of sp³-hybridized carbons (Fsp3) is 0.396. The van der Waals surface area contributed by atoms with Crippen LogP contribution in [0.25, 0.3) is 0 Å². The van der Waals surface area contributed by atoms with E-state index in [1.54, 1.807) is 77.7 Å². The highest BCUT2D eigenvalue weighted by atomic mass is 16.7. The number of aliphatic hydroxyl groups is 3. The number of unbranched alkanes of at least 4 members (excludes halogenated alkanes) is 2. The summed E-state index contributed by atoms with van der Waals surface area (Å²) in [5.74, 6) is -1.77. The van der Waals surface area contributed by atoms with E-state index >= 15 is 4.79 Å². The number of rotatable bonds is 25. The van der Waals surface area contributed by atoms with Crippen LogP contribution in [0.3, 0.4) is 0 Å². The summed E-state index contributed by atoms with van der Waals surface area (Å²) in [6, 6.07) is 25.9. The highest BCUT2D eigenvalue weighted by Gasteiger charge is 2.65. The van der Waals surface area contributed by atoms with Crippen LogP contribution >= 0.6 is 0 Å². The van der Waals surface area contributed by atoms with E-state index in [-0.39, 0.29) is 82.7 Å². The highest BCUT2D eigenvalue weighted by molar-refractivity contribution is 6.03. The summed E-state index contributed by atoms with van der Waals surface area (Å²) in [6.07, 6.45) is 8.65. The molecule has 0 spiro atoms. The second kappa shape index (κ2) is 24.0. The van der Waals surface area contributed by atoms with Crippen molar-refractivity contribution in [2.75, 3.05) is 46.2 Å². The number of nitro groups is 1. The summed E-state index contributed by atoms with van der Waals surface area (Å²) in [4.78, 5) is 45.6. The molecule has 0 saturated heterocycles. The molecule has 0 bridgehead atoms. The van der Waals surface area contributed by atoms with Crippen molar-refractivity contribution in [1.29, 1.82) is 5.26 Å². The lowest BCUT2D eigenvalue weighted by Crippen LogP contribution is -2.70. The lowest BCUT2D eigenvalue weighted by molar-refractivity contribution is -0.384. The van der Waals surface area contributed by atoms with Crippen molar-refractivity contribution in [1.82, 2.24) is 4.90 Å². The van der Waals surface area contributed by atoms with Crippen molar-refractivity contribution in [2.45, 2.75) is 69.3 Å². The largest absolute Gasteiger partial charge is 0.459 e. The molecule has 4 aromatic rings. The number of oxime groups is 1. The van der Waals surface area contributed by atoms with Gasteiger partial charge < -0.3 is 44.0 Å². The van der Waals surface area contributed by atoms with Crippen LogP contribution in [0.2, 0.25) is 0 Å². The first-order valence-corrected chi connectivity index (χ1v) is 23.3. The normalized spacial score (nSPS) is 21.7. The number of nitriles is 1. The molecule has 7 rings (SSSR count). The van der Waals surface area contributed by atoms with Gasteiger partial charge in [-0.15, -0.1) is 6.58 Å². The Morgan fingerprint density at radius 2 is 1.71 bits per heavy atom. The zero-order chi connectivity index (χ0) is 48.8. The molecule has 1 heterocycles. The van der Waals surface area contributed by atoms with Crippen LogP contribution in [-0.2, 0) is 20.9 Å². The molecule has 3 N–H and O–H groups in total. The Bertz CT molecular complexity index is 2520. The number of aliphatic hydroxyl groups excluding tert-OH is 3. The Kier molecular flexibility index (Phi) is 17.4. The summed E-state index contributed by atoms with van der Waals surface area (Å²) in [5, 5.41) is 55.5. The van der Waals surface area contributed by atoms with Crippen molar-refractivity contribution in [3.05, 3.63) is 153 Å². The van der Waals surface area contributed by atoms with Gasteiger partial charge in [-0.25, -0.2) is 0 Å². The van der Waals surface area contributed by atoms with Crippen molar-refractivity contribution < 1.29 is 53.6 Å². The first-order chi connectivity index (χ1) is 33.7. The quantitative estimate of drug-likeness (QED) is 0.0188. The molecule has 0 aromatic heterocycles. The molecule has 1 amide bonds. The number of fused-ring (bicyclic) bond motifs is 2. The molecule has 4 aromatic carbocycles. The number of nitro benzene ring substituents is 1. The average molecular weight is 943 g/mol. The number of nitrogens with zero attached hydrogens (tertiary/aromatic N) is 4. The van der Waals surface area contributed by atoms with E-state index < -0.39 is 28.6 Å². The van der Waals surface area contributed by atoms with Gasteiger partial charge in [0.15, 0.2) is 0 Å². The molecule has 3 aliphatic rings. The van der Waals surface area contributed by atoms with Gasteiger partial charge >= 0.3 is 0 Å². The third kappa shape index (κ3) is 11.6. The minimum atomic E-state index is -1.61. The Morgan fingerprint density at radius 3 is 2.41 bits per heavy atom. The molecule has 1 fully saturated rings. The van der Waals surface area contributed by atoms with Gasteiger partial charge in [-0.2, -0.15) is 5.26 Å². The van der Waals surface area contributed by atoms with E-state index in [4.69, 9.17) is 28.9 Å². The van der Waals surface area contributed by atoms with Crippen LogP contribution in [0.1, 0.15) is 88.3 Å². The number of allylic oxidation sites excluding steroid dienone is 1. The number of hydrogen-bond donors (Lipinski definition) is 3. The van der Waals surface area contributed by atoms with Crippen LogP contribution in [-0.4, -0.2) is 101 Å². The molecule has 2 aliphatic carbocycles. The second-order valence-electron chi connectivity index (χ2n) is 17.3. The molecule has 16 heteroatoms. The van der Waals surface area contributed by atoms with Crippen LogP contribution in [0.15, 0.2) is 120 Å². The number of non-ortho nitro benzene ring substituents is 1. The molecular weight excluding hydrogens is 885 g/mol. The topological polar surface area (TPSA) is 224 Å². The van der Waals surface area contributed by atoms with E-state index in [9.17, 15) is 35.5 Å². The molecule has 1 saturated carbocycles. The molecule has 69 heavy (non-hydrogen) atoms. The van der Waals surface area contributed by atoms with Gasteiger partial charge in [-0.3, -0.25) is 19.7 Å². The Labute approximate surface area is 401 Å². The van der Waals surface area contributed by atoms with E-state index in [2.05, 4.69) is 18.7 Å². The molecular formula is C53H58N4O12. The van der Waals surface area contributed by atoms with Gasteiger partial charge in [-0.05, 0) is 115 Å². The summed E-state index contributed by atoms with van der Waals surface area (Å²) < 4.78 is 26.7. The van der Waals surface area contributed by atoms with Gasteiger partial charge in [0.1, 0.15) is 36.2 Å². The van der Waals surface area contributed by atoms with E-state index in [0.29, 0.717) is 77.3 Å². The molecule has 0 unspecified atom stereocenters. The fourth-order valence-corrected chi connectivity index (χ4v) is 9.98. The van der Waals surface area contributed by atoms with Gasteiger partial charge in [0.2, 0.25) is 5.79 Å². The zero-order valence-corrected chi connectivity index (χ0v) is 38.4. The number of ether oxygens (including phenoxy) is 4. The number of benzene rings is 4. The lowest BCUT2D eigenvalue weighted by Gasteiger charge is -2.60. The number of amides is 1. The summed E-state index contributed by atoms with van der Waals surface area (Å²) in [7, 11) is 0. The van der Waals surface area contributed by atoms with Crippen LogP contribution in [0.4, 0.5) is 5.69 Å². The smallest absolute Gasteiger partial charge is 0.269 e. The van der Waals surface area contributed by atoms with Crippen molar-refractivity contribution in [2.24, 2.45) is 22.9 Å². The van der Waals surface area contributed by atoms with Crippen LogP contribution in [0, 0.1) is 39.2 Å². The lowest BCUT2D eigenvalue weighted by atomic mass is 9.55. The van der Waals surface area contributed by atoms with Crippen LogP contribution < -0.4 is 9.47 Å². The predicted molar refractivity (Wildman–Crippen MR) is 255 cm³/mol. The predicted octanol–water partition coefficient (Wildman–Crippen LogP) is 8.06. The average Bonchev–Trinajstić information content (AvgIpc) is 3.37. The number of hydrogen-bond acceptors (Lipinski definition) is 14. The van der Waals surface area contributed by atoms with Crippen molar-refractivity contribution in [3.8, 4) is 23.3 Å². The third-order valence-corrected chi connectivity index (χ3v) is 13.0. The van der Waals surface area contributed by atoms with Gasteiger partial charge in [-0.1, -0.05) is 42.3 Å². The minimum absolute atomic E-state index is 0.0107. The first kappa shape index (κ1) is 50.1. The van der Waals surface area contributed by atoms with Gasteiger partial charge in [0.25, 0.3) is 11.6 Å². The number of carbonyl (C=O) groups excluding carboxylic acids is 2. The Balaban J connectivity index is 1.45. The van der Waals surface area contributed by atoms with Crippen LogP contribution in [0.5, 0.6) is 17.2 Å². The summed E-state index contributed by atoms with van der Waals surface area (Å²) in [6.45, 7) is 3.91. The minimum Gasteiger partial charge on any atom is -0.459 e. The molecule has 0 radical (unpaired) electrons. The van der Waals surface area contributed by atoms with E-state index in [1.165, 1.54) is 12.1 Å². The second-order valence-corrected chi connectivity index (χ2v) is 17.3. The van der Waals surface area contributed by atoms with Gasteiger partial charge in [0, 0.05) is 60.9 Å². The monoisotopic (exact) mass is 942 g/mol. The maximum Gasteiger partial charge on any atom is 0.269 e. The standard InChI is InChI=1S/C53H58N4O12/c1-2-26-66-53-49(56(22-27-65-28-25-60)52(62)39-16-12-36(33-54)13-17-39)32-47(55-67-35-37-14-18-41(19-15-37)57(63)64)45-30-40(9-3-5-23-58)44(11-4-6-24-59)50(51(45)53)46-31-43(20-21-48(46)69-53)68-42-10-7-8-38(29-42)34-61/h2,7-8,10,12-21,29-31,34,40,44,49-51,58-60H,1,3-6,9,11,22-28,32,35H2/t40-,44+,49-,50+,51+,53+/m0/s1. The number of carbonyl (C=O) groups is 2. The number of aldehydes is 1. The SMILES string of the molecule is C=CCO[C@@]12Oc3ccc(Oc4cccc(C=O)c4)cc3[C@H]3[C@H](CCCCO)[C@@H](CCCCO)C=C(C(=NOCc4ccc([N+](=O)[O-])cc4)C[C@@H]1N(CCOCCO)C(=O)c1ccc(C#N)cc1)[C@H]32. The maximum absolute atomic E-state index is 15.2. The summed E-state index contributed by atoms with van der Waals surface area (Å²) in [5.41, 5.74) is 3.83. The highest BCUT2D eigenvalue weighted by Crippen LogP contribution is 2.62. The maximum atomic E-state index is 15.2. The summed E-state index contributed by atoms with van der Waals surface area (Å²) >= 11 is 0. The van der Waals surface area contributed by atoms with Crippen molar-refractivity contribution in [3.63, 3.8) is 0 Å². The molecule has 16 nitrogen and oxygen atoms in total. The first-order valence-electron chi connectivity index (χ1n) is 23.3. The molecule has 362 valence electrons. The zero-order valence-electron chi connectivity index (χ0n) is 38.4. The van der Waals surface area contributed by atoms with Gasteiger partial charge in [0.05, 0.1) is 54.6 Å². The third-order valence-electron chi connectivity index (χ3n) is 13.0. The van der Waals surface area contributed by atoms with Crippen molar-refractivity contribution >= 4 is 23.6 Å². The fourth-order valence-electron chi connectivity index (χ4n) is 9.98.